The standard InChI is InChI=1S/C21H29ClO6/c1-2-26-20(24)9-7-5-3-4-6-8-10-21(25)28-16-18(23)15-27-19-13-11-17(22)12-14-19/h2,11-14,18,23H,1,3-10,15-16H2. The molecule has 1 N–H and O–H groups in total. The van der Waals surface area contributed by atoms with Crippen molar-refractivity contribution in [2.45, 2.75) is 57.5 Å². The first-order chi connectivity index (χ1) is 13.5. The SMILES string of the molecule is C=COC(=O)CCCCCCCCC(=O)OCC(O)COc1ccc(Cl)cc1. The summed E-state index contributed by atoms with van der Waals surface area (Å²) >= 11 is 5.78. The number of aliphatic hydroxyl groups excluding tert-OH is 1. The van der Waals surface area contributed by atoms with Crippen molar-refractivity contribution in [1.29, 1.82) is 0 Å². The highest BCUT2D eigenvalue weighted by Gasteiger charge is 2.10. The number of rotatable bonds is 15. The summed E-state index contributed by atoms with van der Waals surface area (Å²) in [6, 6.07) is 6.79. The highest BCUT2D eigenvalue weighted by atomic mass is 35.5. The quantitative estimate of drug-likeness (QED) is 0.260. The van der Waals surface area contributed by atoms with Gasteiger partial charge in [0.1, 0.15) is 25.1 Å². The molecule has 0 aliphatic heterocycles. The van der Waals surface area contributed by atoms with Crippen molar-refractivity contribution >= 4 is 23.5 Å². The number of hydrogen-bond donors (Lipinski definition) is 1. The molecular weight excluding hydrogens is 384 g/mol. The van der Waals surface area contributed by atoms with Crippen LogP contribution in [0.1, 0.15) is 51.4 Å². The second-order valence-corrected chi connectivity index (χ2v) is 6.82. The van der Waals surface area contributed by atoms with Crippen molar-refractivity contribution in [3.05, 3.63) is 42.1 Å². The first kappa shape index (κ1) is 24.0. The van der Waals surface area contributed by atoms with Crippen LogP contribution in [0.15, 0.2) is 37.1 Å². The van der Waals surface area contributed by atoms with Gasteiger partial charge in [0, 0.05) is 17.9 Å². The van der Waals surface area contributed by atoms with Crippen LogP contribution in [-0.2, 0) is 19.1 Å². The molecule has 0 aromatic heterocycles. The van der Waals surface area contributed by atoms with Crippen LogP contribution in [-0.4, -0.2) is 36.4 Å². The van der Waals surface area contributed by atoms with E-state index in [9.17, 15) is 14.7 Å². The molecule has 0 aliphatic carbocycles. The van der Waals surface area contributed by atoms with E-state index in [2.05, 4.69) is 11.3 Å². The largest absolute Gasteiger partial charge is 0.491 e. The van der Waals surface area contributed by atoms with E-state index in [1.54, 1.807) is 24.3 Å². The number of hydrogen-bond acceptors (Lipinski definition) is 6. The molecule has 0 saturated carbocycles. The van der Waals surface area contributed by atoms with Gasteiger partial charge in [0.15, 0.2) is 0 Å². The van der Waals surface area contributed by atoms with Gasteiger partial charge in [0.25, 0.3) is 0 Å². The van der Waals surface area contributed by atoms with Gasteiger partial charge in [-0.1, -0.05) is 43.9 Å². The summed E-state index contributed by atoms with van der Waals surface area (Å²) in [6.07, 6.45) is 6.43. The van der Waals surface area contributed by atoms with E-state index in [0.29, 0.717) is 23.6 Å². The summed E-state index contributed by atoms with van der Waals surface area (Å²) in [7, 11) is 0. The molecule has 0 spiro atoms. The van der Waals surface area contributed by atoms with E-state index in [-0.39, 0.29) is 25.2 Å². The van der Waals surface area contributed by atoms with Crippen molar-refractivity contribution in [3.63, 3.8) is 0 Å². The van der Waals surface area contributed by atoms with Crippen molar-refractivity contribution in [2.24, 2.45) is 0 Å². The topological polar surface area (TPSA) is 82.1 Å². The molecule has 0 aliphatic rings. The first-order valence-corrected chi connectivity index (χ1v) is 9.91. The molecule has 6 nitrogen and oxygen atoms in total. The van der Waals surface area contributed by atoms with Crippen LogP contribution in [0.25, 0.3) is 0 Å². The number of carbonyl (C=O) groups excluding carboxylic acids is 2. The van der Waals surface area contributed by atoms with Gasteiger partial charge < -0.3 is 19.3 Å². The molecule has 7 heteroatoms. The number of aliphatic hydroxyl groups is 1. The van der Waals surface area contributed by atoms with Gasteiger partial charge in [0.05, 0.1) is 6.26 Å². The van der Waals surface area contributed by atoms with Gasteiger partial charge >= 0.3 is 11.9 Å². The molecule has 156 valence electrons. The number of ether oxygens (including phenoxy) is 3. The lowest BCUT2D eigenvalue weighted by atomic mass is 10.1. The Balaban J connectivity index is 1.96. The Kier molecular flexibility index (Phi) is 12.8. The lowest BCUT2D eigenvalue weighted by molar-refractivity contribution is -0.147. The predicted octanol–water partition coefficient (Wildman–Crippen LogP) is 4.43. The normalized spacial score (nSPS) is 11.5. The maximum absolute atomic E-state index is 11.7. The molecular formula is C21H29ClO6. The molecule has 0 saturated heterocycles. The molecule has 0 amide bonds. The smallest absolute Gasteiger partial charge is 0.310 e. The van der Waals surface area contributed by atoms with Crippen LogP contribution in [0.5, 0.6) is 5.75 Å². The third-order valence-electron chi connectivity index (χ3n) is 3.92. The molecule has 1 aromatic carbocycles. The van der Waals surface area contributed by atoms with Crippen LogP contribution in [0.3, 0.4) is 0 Å². The summed E-state index contributed by atoms with van der Waals surface area (Å²) in [4.78, 5) is 22.8. The maximum Gasteiger partial charge on any atom is 0.310 e. The van der Waals surface area contributed by atoms with E-state index < -0.39 is 6.10 Å². The minimum absolute atomic E-state index is 0.0370. The van der Waals surface area contributed by atoms with Crippen LogP contribution < -0.4 is 4.74 Å². The van der Waals surface area contributed by atoms with Gasteiger partial charge in [0.2, 0.25) is 0 Å². The lowest BCUT2D eigenvalue weighted by Crippen LogP contribution is -2.25. The highest BCUT2D eigenvalue weighted by molar-refractivity contribution is 6.30. The number of unbranched alkanes of at least 4 members (excludes halogenated alkanes) is 5. The van der Waals surface area contributed by atoms with Crippen molar-refractivity contribution in [1.82, 2.24) is 0 Å². The Morgan fingerprint density at radius 1 is 0.964 bits per heavy atom. The zero-order valence-electron chi connectivity index (χ0n) is 16.1. The maximum atomic E-state index is 11.7. The molecule has 0 radical (unpaired) electrons. The van der Waals surface area contributed by atoms with E-state index in [1.165, 1.54) is 0 Å². The third-order valence-corrected chi connectivity index (χ3v) is 4.17. The molecule has 1 atom stereocenters. The Morgan fingerprint density at radius 3 is 2.14 bits per heavy atom. The third kappa shape index (κ3) is 12.4. The minimum atomic E-state index is -0.882. The lowest BCUT2D eigenvalue weighted by Gasteiger charge is -2.13. The molecule has 0 bridgehead atoms. The minimum Gasteiger partial charge on any atom is -0.491 e. The summed E-state index contributed by atoms with van der Waals surface area (Å²) in [6.45, 7) is 3.28. The summed E-state index contributed by atoms with van der Waals surface area (Å²) in [5, 5.41) is 10.4. The van der Waals surface area contributed by atoms with Crippen LogP contribution in [0, 0.1) is 0 Å². The second kappa shape index (κ2) is 14.9. The molecule has 28 heavy (non-hydrogen) atoms. The number of esters is 2. The van der Waals surface area contributed by atoms with E-state index in [4.69, 9.17) is 21.1 Å². The molecule has 1 aromatic rings. The Bertz CT molecular complexity index is 587. The fourth-order valence-corrected chi connectivity index (χ4v) is 2.56. The Hall–Kier alpha value is -2.05. The van der Waals surface area contributed by atoms with E-state index >= 15 is 0 Å². The average molecular weight is 413 g/mol. The summed E-state index contributed by atoms with van der Waals surface area (Å²) in [5.41, 5.74) is 0. The fourth-order valence-electron chi connectivity index (χ4n) is 2.43. The van der Waals surface area contributed by atoms with E-state index in [0.717, 1.165) is 44.8 Å². The summed E-state index contributed by atoms with van der Waals surface area (Å²) < 4.78 is 15.1. The number of carbonyl (C=O) groups is 2. The Labute approximate surface area is 171 Å². The zero-order chi connectivity index (χ0) is 20.6. The van der Waals surface area contributed by atoms with Crippen LogP contribution in [0.2, 0.25) is 5.02 Å². The van der Waals surface area contributed by atoms with Crippen LogP contribution in [0.4, 0.5) is 0 Å². The molecule has 1 unspecified atom stereocenters. The number of benzene rings is 1. The predicted molar refractivity (Wildman–Crippen MR) is 107 cm³/mol. The first-order valence-electron chi connectivity index (χ1n) is 9.53. The molecule has 0 heterocycles. The van der Waals surface area contributed by atoms with Crippen LogP contribution >= 0.6 is 11.6 Å². The highest BCUT2D eigenvalue weighted by Crippen LogP contribution is 2.15. The van der Waals surface area contributed by atoms with E-state index in [1.807, 2.05) is 0 Å². The fraction of sp³-hybridized carbons (Fsp3) is 0.524. The monoisotopic (exact) mass is 412 g/mol. The Morgan fingerprint density at radius 2 is 1.54 bits per heavy atom. The summed E-state index contributed by atoms with van der Waals surface area (Å²) in [5.74, 6) is 0.0172. The van der Waals surface area contributed by atoms with Crippen molar-refractivity contribution < 1.29 is 28.9 Å². The molecule has 1 rings (SSSR count). The second-order valence-electron chi connectivity index (χ2n) is 6.38. The average Bonchev–Trinajstić information content (AvgIpc) is 2.68. The van der Waals surface area contributed by atoms with Gasteiger partial charge in [-0.15, -0.1) is 0 Å². The van der Waals surface area contributed by atoms with Gasteiger partial charge in [-0.3, -0.25) is 9.59 Å². The zero-order valence-corrected chi connectivity index (χ0v) is 16.9. The van der Waals surface area contributed by atoms with Gasteiger partial charge in [-0.2, -0.15) is 0 Å². The van der Waals surface area contributed by atoms with Gasteiger partial charge in [-0.25, -0.2) is 0 Å². The van der Waals surface area contributed by atoms with Crippen molar-refractivity contribution in [2.75, 3.05) is 13.2 Å². The number of halogens is 1. The van der Waals surface area contributed by atoms with Gasteiger partial charge in [-0.05, 0) is 37.1 Å². The van der Waals surface area contributed by atoms with Crippen molar-refractivity contribution in [3.8, 4) is 5.75 Å². The molecule has 0 fully saturated rings.